The molecule has 0 fully saturated rings. The molecule has 84 valence electrons. The maximum atomic E-state index is 4.47. The zero-order valence-corrected chi connectivity index (χ0v) is 9.99. The fourth-order valence-corrected chi connectivity index (χ4v) is 1.55. The van der Waals surface area contributed by atoms with Crippen LogP contribution in [-0.4, -0.2) is 15.2 Å². The van der Waals surface area contributed by atoms with Crippen LogP contribution < -0.4 is 0 Å². The number of aryl methyl sites for hydroxylation is 1. The molecular weight excluding hydrogens is 198 g/mol. The molecule has 0 radical (unpaired) electrons. The summed E-state index contributed by atoms with van der Waals surface area (Å²) in [6.07, 6.45) is 1.06. The van der Waals surface area contributed by atoms with Crippen LogP contribution in [0.15, 0.2) is 24.3 Å². The third-order valence-electron chi connectivity index (χ3n) is 2.67. The lowest BCUT2D eigenvalue weighted by Crippen LogP contribution is -1.89. The van der Waals surface area contributed by atoms with Gasteiger partial charge in [0.2, 0.25) is 0 Å². The number of aromatic nitrogens is 3. The Morgan fingerprint density at radius 2 is 1.88 bits per heavy atom. The smallest absolute Gasteiger partial charge is 0.181 e. The molecule has 0 spiro atoms. The second-order valence-corrected chi connectivity index (χ2v) is 4.25. The fourth-order valence-electron chi connectivity index (χ4n) is 1.55. The zero-order valence-electron chi connectivity index (χ0n) is 9.99. The SMILES string of the molecule is CCc1ccc(-c2n[nH]c(C(C)C)n2)cc1. The van der Waals surface area contributed by atoms with Crippen LogP contribution in [0.2, 0.25) is 0 Å². The molecule has 2 rings (SSSR count). The van der Waals surface area contributed by atoms with E-state index in [4.69, 9.17) is 0 Å². The first-order valence-corrected chi connectivity index (χ1v) is 5.72. The first-order chi connectivity index (χ1) is 7.70. The molecule has 1 heterocycles. The molecule has 0 aliphatic heterocycles. The maximum Gasteiger partial charge on any atom is 0.181 e. The first-order valence-electron chi connectivity index (χ1n) is 5.72. The van der Waals surface area contributed by atoms with Crippen molar-refractivity contribution in [2.75, 3.05) is 0 Å². The highest BCUT2D eigenvalue weighted by molar-refractivity contribution is 5.54. The number of nitrogens with one attached hydrogen (secondary N) is 1. The van der Waals surface area contributed by atoms with Gasteiger partial charge in [-0.3, -0.25) is 5.10 Å². The van der Waals surface area contributed by atoms with Gasteiger partial charge in [-0.2, -0.15) is 5.10 Å². The van der Waals surface area contributed by atoms with Gasteiger partial charge in [0.05, 0.1) is 0 Å². The summed E-state index contributed by atoms with van der Waals surface area (Å²) in [4.78, 5) is 4.47. The van der Waals surface area contributed by atoms with Crippen molar-refractivity contribution < 1.29 is 0 Å². The third-order valence-corrected chi connectivity index (χ3v) is 2.67. The standard InChI is InChI=1S/C13H17N3/c1-4-10-5-7-11(8-6-10)13-14-12(9(2)3)15-16-13/h5-9H,4H2,1-3H3,(H,14,15,16). The van der Waals surface area contributed by atoms with Gasteiger partial charge >= 0.3 is 0 Å². The Hall–Kier alpha value is -1.64. The van der Waals surface area contributed by atoms with Gasteiger partial charge in [0.15, 0.2) is 5.82 Å². The van der Waals surface area contributed by atoms with Crippen molar-refractivity contribution in [3.05, 3.63) is 35.7 Å². The average molecular weight is 215 g/mol. The van der Waals surface area contributed by atoms with Crippen LogP contribution in [0.1, 0.15) is 38.1 Å². The number of hydrogen-bond acceptors (Lipinski definition) is 2. The molecule has 0 atom stereocenters. The monoisotopic (exact) mass is 215 g/mol. The second-order valence-electron chi connectivity index (χ2n) is 4.25. The second kappa shape index (κ2) is 4.47. The van der Waals surface area contributed by atoms with Gasteiger partial charge in [-0.05, 0) is 12.0 Å². The number of benzene rings is 1. The Labute approximate surface area is 95.9 Å². The van der Waals surface area contributed by atoms with E-state index < -0.39 is 0 Å². The summed E-state index contributed by atoms with van der Waals surface area (Å²) in [7, 11) is 0. The Morgan fingerprint density at radius 1 is 1.19 bits per heavy atom. The summed E-state index contributed by atoms with van der Waals surface area (Å²) in [6, 6.07) is 8.40. The highest BCUT2D eigenvalue weighted by atomic mass is 15.2. The van der Waals surface area contributed by atoms with Crippen LogP contribution in [0, 0.1) is 0 Å². The summed E-state index contributed by atoms with van der Waals surface area (Å²) in [5, 5.41) is 7.20. The van der Waals surface area contributed by atoms with Crippen LogP contribution in [0.25, 0.3) is 11.4 Å². The van der Waals surface area contributed by atoms with E-state index in [1.54, 1.807) is 0 Å². The van der Waals surface area contributed by atoms with Crippen molar-refractivity contribution in [2.24, 2.45) is 0 Å². The van der Waals surface area contributed by atoms with Gasteiger partial charge in [0.25, 0.3) is 0 Å². The van der Waals surface area contributed by atoms with E-state index >= 15 is 0 Å². The molecule has 1 aromatic carbocycles. The van der Waals surface area contributed by atoms with Crippen molar-refractivity contribution in [2.45, 2.75) is 33.1 Å². The predicted octanol–water partition coefficient (Wildman–Crippen LogP) is 3.16. The highest BCUT2D eigenvalue weighted by Gasteiger charge is 2.07. The fraction of sp³-hybridized carbons (Fsp3) is 0.385. The zero-order chi connectivity index (χ0) is 11.5. The molecule has 0 unspecified atom stereocenters. The van der Waals surface area contributed by atoms with E-state index in [1.807, 2.05) is 0 Å². The topological polar surface area (TPSA) is 41.6 Å². The van der Waals surface area contributed by atoms with E-state index in [0.29, 0.717) is 5.92 Å². The van der Waals surface area contributed by atoms with Crippen LogP contribution in [0.4, 0.5) is 0 Å². The van der Waals surface area contributed by atoms with Gasteiger partial charge in [0.1, 0.15) is 5.82 Å². The largest absolute Gasteiger partial charge is 0.262 e. The van der Waals surface area contributed by atoms with Gasteiger partial charge in [-0.15, -0.1) is 0 Å². The molecular formula is C13H17N3. The molecule has 16 heavy (non-hydrogen) atoms. The van der Waals surface area contributed by atoms with Crippen LogP contribution in [0.5, 0.6) is 0 Å². The quantitative estimate of drug-likeness (QED) is 0.854. The number of hydrogen-bond donors (Lipinski definition) is 1. The third kappa shape index (κ3) is 2.13. The molecule has 2 aromatic rings. The van der Waals surface area contributed by atoms with E-state index in [1.165, 1.54) is 5.56 Å². The minimum absolute atomic E-state index is 0.385. The van der Waals surface area contributed by atoms with Crippen molar-refractivity contribution >= 4 is 0 Å². The van der Waals surface area contributed by atoms with Crippen molar-refractivity contribution in [3.8, 4) is 11.4 Å². The van der Waals surface area contributed by atoms with Crippen LogP contribution >= 0.6 is 0 Å². The number of nitrogens with zero attached hydrogens (tertiary/aromatic N) is 2. The molecule has 0 aliphatic carbocycles. The molecule has 0 saturated heterocycles. The van der Waals surface area contributed by atoms with Crippen LogP contribution in [-0.2, 0) is 6.42 Å². The summed E-state index contributed by atoms with van der Waals surface area (Å²) >= 11 is 0. The Bertz CT molecular complexity index is 454. The number of aromatic amines is 1. The van der Waals surface area contributed by atoms with E-state index in [0.717, 1.165) is 23.6 Å². The minimum atomic E-state index is 0.385. The number of rotatable bonds is 3. The van der Waals surface area contributed by atoms with Crippen molar-refractivity contribution in [1.82, 2.24) is 15.2 Å². The lowest BCUT2D eigenvalue weighted by Gasteiger charge is -1.98. The Kier molecular flexibility index (Phi) is 3.04. The summed E-state index contributed by atoms with van der Waals surface area (Å²) < 4.78 is 0. The lowest BCUT2D eigenvalue weighted by atomic mass is 10.1. The number of H-pyrrole nitrogens is 1. The minimum Gasteiger partial charge on any atom is -0.262 e. The predicted molar refractivity (Wildman–Crippen MR) is 65.3 cm³/mol. The van der Waals surface area contributed by atoms with Gasteiger partial charge < -0.3 is 0 Å². The Balaban J connectivity index is 2.28. The highest BCUT2D eigenvalue weighted by Crippen LogP contribution is 2.18. The van der Waals surface area contributed by atoms with E-state index in [-0.39, 0.29) is 0 Å². The Morgan fingerprint density at radius 3 is 2.38 bits per heavy atom. The van der Waals surface area contributed by atoms with Gasteiger partial charge in [-0.1, -0.05) is 45.0 Å². The van der Waals surface area contributed by atoms with Crippen molar-refractivity contribution in [1.29, 1.82) is 0 Å². The lowest BCUT2D eigenvalue weighted by molar-refractivity contribution is 0.781. The molecule has 0 aliphatic rings. The molecule has 1 aromatic heterocycles. The van der Waals surface area contributed by atoms with E-state index in [2.05, 4.69) is 60.2 Å². The maximum absolute atomic E-state index is 4.47. The summed E-state index contributed by atoms with van der Waals surface area (Å²) in [5.74, 6) is 2.11. The normalized spacial score (nSPS) is 11.0. The molecule has 0 bridgehead atoms. The van der Waals surface area contributed by atoms with E-state index in [9.17, 15) is 0 Å². The van der Waals surface area contributed by atoms with Crippen molar-refractivity contribution in [3.63, 3.8) is 0 Å². The van der Waals surface area contributed by atoms with Crippen LogP contribution in [0.3, 0.4) is 0 Å². The summed E-state index contributed by atoms with van der Waals surface area (Å²) in [5.41, 5.74) is 2.41. The molecule has 3 nitrogen and oxygen atoms in total. The summed E-state index contributed by atoms with van der Waals surface area (Å²) in [6.45, 7) is 6.35. The molecule has 0 amide bonds. The van der Waals surface area contributed by atoms with Gasteiger partial charge in [-0.25, -0.2) is 4.98 Å². The molecule has 1 N–H and O–H groups in total. The van der Waals surface area contributed by atoms with Gasteiger partial charge in [0, 0.05) is 11.5 Å². The average Bonchev–Trinajstić information content (AvgIpc) is 2.78. The first kappa shape index (κ1) is 10.9. The molecule has 0 saturated carbocycles. The molecule has 3 heteroatoms.